The number of halogens is 1. The second-order valence-electron chi connectivity index (χ2n) is 5.95. The van der Waals surface area contributed by atoms with Crippen molar-refractivity contribution in [1.29, 1.82) is 0 Å². The predicted octanol–water partition coefficient (Wildman–Crippen LogP) is 2.82. The first-order chi connectivity index (χ1) is 10.8. The first-order valence-electron chi connectivity index (χ1n) is 7.80. The average Bonchev–Trinajstić information content (AvgIpc) is 3.00. The second kappa shape index (κ2) is 7.09. The van der Waals surface area contributed by atoms with Crippen LogP contribution < -0.4 is 4.31 Å². The molecular formula is C16H23ClN2O3S. The van der Waals surface area contributed by atoms with Crippen LogP contribution in [-0.4, -0.2) is 44.6 Å². The van der Waals surface area contributed by atoms with Gasteiger partial charge in [-0.1, -0.05) is 24.6 Å². The third-order valence-corrected chi connectivity index (χ3v) is 5.54. The van der Waals surface area contributed by atoms with E-state index in [1.807, 2.05) is 13.8 Å². The lowest BCUT2D eigenvalue weighted by Gasteiger charge is -2.33. The summed E-state index contributed by atoms with van der Waals surface area (Å²) in [5, 5.41) is 0.447. The minimum atomic E-state index is -3.62. The van der Waals surface area contributed by atoms with E-state index in [1.165, 1.54) is 4.31 Å². The van der Waals surface area contributed by atoms with Crippen molar-refractivity contribution in [2.75, 3.05) is 23.7 Å². The highest BCUT2D eigenvalue weighted by molar-refractivity contribution is 7.92. The molecule has 1 unspecified atom stereocenters. The van der Waals surface area contributed by atoms with Gasteiger partial charge in [0, 0.05) is 18.1 Å². The largest absolute Gasteiger partial charge is 0.341 e. The lowest BCUT2D eigenvalue weighted by atomic mass is 10.1. The van der Waals surface area contributed by atoms with Crippen molar-refractivity contribution in [1.82, 2.24) is 4.90 Å². The Hall–Kier alpha value is -1.27. The van der Waals surface area contributed by atoms with Crippen LogP contribution in [0.25, 0.3) is 0 Å². The highest BCUT2D eigenvalue weighted by Crippen LogP contribution is 2.30. The predicted molar refractivity (Wildman–Crippen MR) is 93.4 cm³/mol. The van der Waals surface area contributed by atoms with Crippen molar-refractivity contribution in [2.45, 2.75) is 39.2 Å². The number of anilines is 1. The number of carbonyl (C=O) groups is 1. The number of rotatable bonds is 5. The maximum absolute atomic E-state index is 12.8. The summed E-state index contributed by atoms with van der Waals surface area (Å²) >= 11 is 6.05. The molecule has 0 radical (unpaired) electrons. The number of hydrogen-bond acceptors (Lipinski definition) is 3. The van der Waals surface area contributed by atoms with E-state index in [2.05, 4.69) is 0 Å². The first kappa shape index (κ1) is 18.1. The molecule has 0 aromatic heterocycles. The van der Waals surface area contributed by atoms with Crippen LogP contribution in [0.3, 0.4) is 0 Å². The molecule has 0 saturated carbocycles. The molecule has 1 saturated heterocycles. The minimum absolute atomic E-state index is 0.130. The summed E-state index contributed by atoms with van der Waals surface area (Å²) in [6, 6.07) is 4.35. The summed E-state index contributed by atoms with van der Waals surface area (Å²) in [6.07, 6.45) is 3.48. The van der Waals surface area contributed by atoms with Gasteiger partial charge < -0.3 is 4.90 Å². The van der Waals surface area contributed by atoms with Gasteiger partial charge in [-0.05, 0) is 43.9 Å². The maximum atomic E-state index is 12.8. The molecule has 0 aliphatic carbocycles. The topological polar surface area (TPSA) is 57.7 Å². The number of carbonyl (C=O) groups excluding carboxylic acids is 1. The zero-order valence-corrected chi connectivity index (χ0v) is 15.3. The number of nitrogens with zero attached hydrogens (tertiary/aromatic N) is 2. The van der Waals surface area contributed by atoms with Crippen molar-refractivity contribution in [3.8, 4) is 0 Å². The third-order valence-electron chi connectivity index (χ3n) is 4.14. The van der Waals surface area contributed by atoms with Gasteiger partial charge in [0.05, 0.1) is 11.9 Å². The molecule has 128 valence electrons. The number of sulfonamides is 1. The average molecular weight is 359 g/mol. The van der Waals surface area contributed by atoms with Crippen molar-refractivity contribution in [3.05, 3.63) is 28.8 Å². The van der Waals surface area contributed by atoms with E-state index in [-0.39, 0.29) is 5.91 Å². The Morgan fingerprint density at radius 1 is 1.35 bits per heavy atom. The third kappa shape index (κ3) is 3.98. The molecule has 23 heavy (non-hydrogen) atoms. The molecule has 0 spiro atoms. The normalized spacial score (nSPS) is 16.4. The Balaban J connectivity index is 2.48. The number of likely N-dealkylation sites (tertiary alicyclic amines) is 1. The molecule has 1 atom stereocenters. The van der Waals surface area contributed by atoms with Crippen molar-refractivity contribution in [2.24, 2.45) is 0 Å². The molecule has 1 aromatic rings. The number of hydrogen-bond donors (Lipinski definition) is 0. The number of amides is 1. The minimum Gasteiger partial charge on any atom is -0.341 e. The summed E-state index contributed by atoms with van der Waals surface area (Å²) in [7, 11) is -3.62. The van der Waals surface area contributed by atoms with Crippen LogP contribution in [0.5, 0.6) is 0 Å². The Labute approximate surface area is 143 Å². The van der Waals surface area contributed by atoms with Gasteiger partial charge in [-0.2, -0.15) is 0 Å². The fourth-order valence-electron chi connectivity index (χ4n) is 2.99. The molecule has 0 N–H and O–H groups in total. The van der Waals surface area contributed by atoms with Gasteiger partial charge in [0.2, 0.25) is 15.9 Å². The van der Waals surface area contributed by atoms with Gasteiger partial charge in [-0.3, -0.25) is 9.10 Å². The fourth-order valence-corrected chi connectivity index (χ4v) is 4.41. The lowest BCUT2D eigenvalue weighted by Crippen LogP contribution is -2.50. The lowest BCUT2D eigenvalue weighted by molar-refractivity contribution is -0.131. The number of aryl methyl sites for hydroxylation is 1. The molecule has 1 aliphatic rings. The molecule has 1 fully saturated rings. The van der Waals surface area contributed by atoms with E-state index >= 15 is 0 Å². The van der Waals surface area contributed by atoms with Crippen LogP contribution in [0, 0.1) is 6.92 Å². The molecule has 7 heteroatoms. The quantitative estimate of drug-likeness (QED) is 0.813. The zero-order valence-electron chi connectivity index (χ0n) is 13.8. The highest BCUT2D eigenvalue weighted by atomic mass is 35.5. The standard InChI is InChI=1S/C16H23ClN2O3S/c1-4-14(16(20)18-9-5-6-10-18)19(23(3,21)22)15-11-13(17)8-7-12(15)2/h7-8,11,14H,4-6,9-10H2,1-3H3. The van der Waals surface area contributed by atoms with Gasteiger partial charge in [0.25, 0.3) is 0 Å². The smallest absolute Gasteiger partial charge is 0.246 e. The molecule has 1 amide bonds. The van der Waals surface area contributed by atoms with E-state index in [9.17, 15) is 13.2 Å². The van der Waals surface area contributed by atoms with Crippen LogP contribution in [0.2, 0.25) is 5.02 Å². The van der Waals surface area contributed by atoms with E-state index in [0.717, 1.165) is 24.7 Å². The second-order valence-corrected chi connectivity index (χ2v) is 8.24. The van der Waals surface area contributed by atoms with Crippen LogP contribution >= 0.6 is 11.6 Å². The van der Waals surface area contributed by atoms with Gasteiger partial charge in [0.1, 0.15) is 6.04 Å². The summed E-state index contributed by atoms with van der Waals surface area (Å²) in [6.45, 7) is 5.04. The van der Waals surface area contributed by atoms with Crippen LogP contribution in [0.4, 0.5) is 5.69 Å². The Kier molecular flexibility index (Phi) is 5.57. The molecular weight excluding hydrogens is 336 g/mol. The fraction of sp³-hybridized carbons (Fsp3) is 0.562. The molecule has 0 bridgehead atoms. The van der Waals surface area contributed by atoms with E-state index < -0.39 is 16.1 Å². The molecule has 1 aliphatic heterocycles. The Bertz CT molecular complexity index is 685. The Morgan fingerprint density at radius 2 is 1.96 bits per heavy atom. The van der Waals surface area contributed by atoms with Crippen molar-refractivity contribution < 1.29 is 13.2 Å². The Morgan fingerprint density at radius 3 is 2.48 bits per heavy atom. The van der Waals surface area contributed by atoms with Crippen LogP contribution in [0.15, 0.2) is 18.2 Å². The van der Waals surface area contributed by atoms with Gasteiger partial charge in [-0.25, -0.2) is 8.42 Å². The van der Waals surface area contributed by atoms with Gasteiger partial charge in [0.15, 0.2) is 0 Å². The maximum Gasteiger partial charge on any atom is 0.246 e. The van der Waals surface area contributed by atoms with Crippen molar-refractivity contribution in [3.63, 3.8) is 0 Å². The summed E-state index contributed by atoms with van der Waals surface area (Å²) < 4.78 is 26.1. The van der Waals surface area contributed by atoms with Gasteiger partial charge in [-0.15, -0.1) is 0 Å². The highest BCUT2D eigenvalue weighted by Gasteiger charge is 2.35. The molecule has 5 nitrogen and oxygen atoms in total. The summed E-state index contributed by atoms with van der Waals surface area (Å²) in [5.74, 6) is -0.130. The molecule has 1 aromatic carbocycles. The zero-order chi connectivity index (χ0) is 17.2. The summed E-state index contributed by atoms with van der Waals surface area (Å²) in [5.41, 5.74) is 1.24. The summed E-state index contributed by atoms with van der Waals surface area (Å²) in [4.78, 5) is 14.6. The monoisotopic (exact) mass is 358 g/mol. The molecule has 2 rings (SSSR count). The van der Waals surface area contributed by atoms with Crippen LogP contribution in [-0.2, 0) is 14.8 Å². The number of benzene rings is 1. The van der Waals surface area contributed by atoms with Crippen molar-refractivity contribution >= 4 is 33.2 Å². The van der Waals surface area contributed by atoms with E-state index in [1.54, 1.807) is 23.1 Å². The SMILES string of the molecule is CCC(C(=O)N1CCCC1)N(c1cc(Cl)ccc1C)S(C)(=O)=O. The van der Waals surface area contributed by atoms with Crippen LogP contribution in [0.1, 0.15) is 31.7 Å². The first-order valence-corrected chi connectivity index (χ1v) is 10.0. The van der Waals surface area contributed by atoms with E-state index in [0.29, 0.717) is 30.2 Å². The molecule has 1 heterocycles. The van der Waals surface area contributed by atoms with E-state index in [4.69, 9.17) is 11.6 Å². The van der Waals surface area contributed by atoms with Gasteiger partial charge >= 0.3 is 0 Å².